The van der Waals surface area contributed by atoms with Crippen molar-refractivity contribution in [3.05, 3.63) is 24.3 Å². The lowest BCUT2D eigenvalue weighted by Gasteiger charge is -2.27. The smallest absolute Gasteiger partial charge is 0.334 e. The summed E-state index contributed by atoms with van der Waals surface area (Å²) in [5.41, 5.74) is 0.216. The largest absolute Gasteiger partial charge is 0.462 e. The standard InChI is InChI=1S/C17H23ClO7/c1-3-14(20)23-7-8-24-17(22)15-11(2)5-4-6-13(15)16(21)25-10-12(19)9-18/h3,6,11-12,15,19H,1,4-5,7-10H2,2H3. The predicted molar refractivity (Wildman–Crippen MR) is 89.8 cm³/mol. The zero-order chi connectivity index (χ0) is 18.8. The summed E-state index contributed by atoms with van der Waals surface area (Å²) in [7, 11) is 0. The van der Waals surface area contributed by atoms with E-state index in [9.17, 15) is 19.5 Å². The van der Waals surface area contributed by atoms with Crippen LogP contribution in [0.4, 0.5) is 0 Å². The van der Waals surface area contributed by atoms with Crippen LogP contribution in [0.1, 0.15) is 19.8 Å². The van der Waals surface area contributed by atoms with Gasteiger partial charge in [0, 0.05) is 11.6 Å². The molecule has 8 heteroatoms. The van der Waals surface area contributed by atoms with Crippen molar-refractivity contribution in [3.63, 3.8) is 0 Å². The van der Waals surface area contributed by atoms with Crippen molar-refractivity contribution in [1.82, 2.24) is 0 Å². The zero-order valence-corrected chi connectivity index (χ0v) is 14.9. The minimum atomic E-state index is -0.961. The third-order valence-electron chi connectivity index (χ3n) is 3.70. The SMILES string of the molecule is C=CC(=O)OCCOC(=O)C1C(C(=O)OCC(O)CCl)=CCCC1C. The van der Waals surface area contributed by atoms with Crippen LogP contribution < -0.4 is 0 Å². The molecule has 0 saturated heterocycles. The van der Waals surface area contributed by atoms with Crippen LogP contribution >= 0.6 is 11.6 Å². The van der Waals surface area contributed by atoms with E-state index in [1.54, 1.807) is 6.08 Å². The lowest BCUT2D eigenvalue weighted by Crippen LogP contribution is -2.34. The maximum atomic E-state index is 12.3. The summed E-state index contributed by atoms with van der Waals surface area (Å²) in [5.74, 6) is -2.78. The van der Waals surface area contributed by atoms with Gasteiger partial charge in [0.05, 0.1) is 11.8 Å². The third kappa shape index (κ3) is 6.88. The first-order chi connectivity index (χ1) is 11.9. The number of aliphatic hydroxyl groups is 1. The molecule has 0 amide bonds. The van der Waals surface area contributed by atoms with Crippen LogP contribution in [-0.4, -0.2) is 54.8 Å². The Morgan fingerprint density at radius 1 is 1.36 bits per heavy atom. The molecule has 1 aliphatic rings. The highest BCUT2D eigenvalue weighted by molar-refractivity contribution is 6.18. The number of carbonyl (C=O) groups excluding carboxylic acids is 3. The molecule has 0 aromatic carbocycles. The Kier molecular flexibility index (Phi) is 9.23. The summed E-state index contributed by atoms with van der Waals surface area (Å²) in [6.07, 6.45) is 3.07. The normalized spacial score (nSPS) is 20.8. The number of allylic oxidation sites excluding steroid dienone is 1. The molecule has 0 saturated carbocycles. The molecule has 0 bridgehead atoms. The van der Waals surface area contributed by atoms with Crippen molar-refractivity contribution >= 4 is 29.5 Å². The Balaban J connectivity index is 2.62. The quantitative estimate of drug-likeness (QED) is 0.214. The first-order valence-corrected chi connectivity index (χ1v) is 8.51. The fourth-order valence-electron chi connectivity index (χ4n) is 2.40. The molecule has 0 aliphatic heterocycles. The molecule has 0 aromatic heterocycles. The van der Waals surface area contributed by atoms with Crippen LogP contribution in [0.15, 0.2) is 24.3 Å². The van der Waals surface area contributed by atoms with Crippen LogP contribution in [0, 0.1) is 11.8 Å². The van der Waals surface area contributed by atoms with Crippen LogP contribution in [0.25, 0.3) is 0 Å². The highest BCUT2D eigenvalue weighted by Gasteiger charge is 2.36. The Morgan fingerprint density at radius 3 is 2.68 bits per heavy atom. The number of halogens is 1. The van der Waals surface area contributed by atoms with Gasteiger partial charge in [-0.05, 0) is 18.8 Å². The van der Waals surface area contributed by atoms with E-state index >= 15 is 0 Å². The Bertz CT molecular complexity index is 529. The van der Waals surface area contributed by atoms with Gasteiger partial charge in [-0.25, -0.2) is 9.59 Å². The Morgan fingerprint density at radius 2 is 2.04 bits per heavy atom. The lowest BCUT2D eigenvalue weighted by molar-refractivity contribution is -0.156. The van der Waals surface area contributed by atoms with Gasteiger partial charge in [0.2, 0.25) is 0 Å². The van der Waals surface area contributed by atoms with E-state index in [0.717, 1.165) is 12.5 Å². The number of hydrogen-bond donors (Lipinski definition) is 1. The number of aliphatic hydroxyl groups excluding tert-OH is 1. The molecule has 3 unspecified atom stereocenters. The van der Waals surface area contributed by atoms with Gasteiger partial charge in [-0.15, -0.1) is 11.6 Å². The van der Waals surface area contributed by atoms with Gasteiger partial charge in [-0.2, -0.15) is 0 Å². The van der Waals surface area contributed by atoms with Gasteiger partial charge in [0.15, 0.2) is 0 Å². The lowest BCUT2D eigenvalue weighted by atomic mass is 9.79. The summed E-state index contributed by atoms with van der Waals surface area (Å²) in [4.78, 5) is 35.5. The number of ether oxygens (including phenoxy) is 3. The average Bonchev–Trinajstić information content (AvgIpc) is 2.62. The van der Waals surface area contributed by atoms with Gasteiger partial charge < -0.3 is 19.3 Å². The fraction of sp³-hybridized carbons (Fsp3) is 0.588. The number of alkyl halides is 1. The van der Waals surface area contributed by atoms with Crippen molar-refractivity contribution in [1.29, 1.82) is 0 Å². The molecule has 0 spiro atoms. The average molecular weight is 375 g/mol. The minimum absolute atomic E-state index is 0.0579. The molecule has 1 N–H and O–H groups in total. The second-order valence-corrected chi connectivity index (χ2v) is 5.95. The van der Waals surface area contributed by atoms with Crippen molar-refractivity contribution in [3.8, 4) is 0 Å². The molecule has 0 radical (unpaired) electrons. The molecule has 0 fully saturated rings. The van der Waals surface area contributed by atoms with Crippen LogP contribution in [0.5, 0.6) is 0 Å². The minimum Gasteiger partial charge on any atom is -0.462 e. The van der Waals surface area contributed by atoms with E-state index in [-0.39, 0.29) is 37.2 Å². The first kappa shape index (κ1) is 21.2. The van der Waals surface area contributed by atoms with E-state index in [4.69, 9.17) is 25.8 Å². The number of esters is 3. The number of hydrogen-bond acceptors (Lipinski definition) is 7. The molecule has 1 aliphatic carbocycles. The van der Waals surface area contributed by atoms with Gasteiger partial charge in [-0.3, -0.25) is 4.79 Å². The maximum absolute atomic E-state index is 12.3. The van der Waals surface area contributed by atoms with Gasteiger partial charge in [0.25, 0.3) is 0 Å². The summed E-state index contributed by atoms with van der Waals surface area (Å²) < 4.78 is 14.8. The molecular formula is C17H23ClO7. The monoisotopic (exact) mass is 374 g/mol. The molecule has 1 rings (SSSR count). The summed E-state index contributed by atoms with van der Waals surface area (Å²) in [6.45, 7) is 4.65. The molecule has 0 aromatic rings. The van der Waals surface area contributed by atoms with E-state index in [0.29, 0.717) is 6.42 Å². The topological polar surface area (TPSA) is 99.1 Å². The molecule has 0 heterocycles. The van der Waals surface area contributed by atoms with Crippen molar-refractivity contribution in [2.45, 2.75) is 25.9 Å². The van der Waals surface area contributed by atoms with Gasteiger partial charge in [-0.1, -0.05) is 19.6 Å². The number of rotatable bonds is 9. The molecule has 3 atom stereocenters. The summed E-state index contributed by atoms with van der Waals surface area (Å²) in [6, 6.07) is 0. The van der Waals surface area contributed by atoms with Crippen LogP contribution in [0.3, 0.4) is 0 Å². The van der Waals surface area contributed by atoms with Gasteiger partial charge >= 0.3 is 17.9 Å². The highest BCUT2D eigenvalue weighted by atomic mass is 35.5. The second kappa shape index (κ2) is 10.9. The van der Waals surface area contributed by atoms with E-state index in [2.05, 4.69) is 6.58 Å². The van der Waals surface area contributed by atoms with Crippen LogP contribution in [-0.2, 0) is 28.6 Å². The van der Waals surface area contributed by atoms with Crippen molar-refractivity contribution in [2.75, 3.05) is 25.7 Å². The Hall–Kier alpha value is -1.86. The van der Waals surface area contributed by atoms with Gasteiger partial charge in [0.1, 0.15) is 25.9 Å². The Labute approximate surface area is 151 Å². The van der Waals surface area contributed by atoms with Crippen molar-refractivity contribution in [2.24, 2.45) is 11.8 Å². The third-order valence-corrected chi connectivity index (χ3v) is 4.06. The van der Waals surface area contributed by atoms with Crippen molar-refractivity contribution < 1.29 is 33.7 Å². The fourth-order valence-corrected chi connectivity index (χ4v) is 2.49. The van der Waals surface area contributed by atoms with E-state index < -0.39 is 29.9 Å². The predicted octanol–water partition coefficient (Wildman–Crippen LogP) is 1.37. The highest BCUT2D eigenvalue weighted by Crippen LogP contribution is 2.32. The van der Waals surface area contributed by atoms with E-state index in [1.165, 1.54) is 0 Å². The second-order valence-electron chi connectivity index (χ2n) is 5.64. The van der Waals surface area contributed by atoms with E-state index in [1.807, 2.05) is 6.92 Å². The van der Waals surface area contributed by atoms with Crippen LogP contribution in [0.2, 0.25) is 0 Å². The summed E-state index contributed by atoms with van der Waals surface area (Å²) >= 11 is 5.46. The number of carbonyl (C=O) groups is 3. The summed E-state index contributed by atoms with van der Waals surface area (Å²) in [5, 5.41) is 9.37. The maximum Gasteiger partial charge on any atom is 0.334 e. The molecule has 25 heavy (non-hydrogen) atoms. The first-order valence-electron chi connectivity index (χ1n) is 7.97. The molecule has 140 valence electrons. The molecular weight excluding hydrogens is 352 g/mol. The molecule has 7 nitrogen and oxygen atoms in total. The zero-order valence-electron chi connectivity index (χ0n) is 14.1.